The van der Waals surface area contributed by atoms with E-state index in [1.165, 1.54) is 6.42 Å². The maximum atomic E-state index is 14.3. The van der Waals surface area contributed by atoms with Crippen molar-refractivity contribution in [1.82, 2.24) is 4.90 Å². The van der Waals surface area contributed by atoms with E-state index in [1.54, 1.807) is 6.07 Å². The fourth-order valence-corrected chi connectivity index (χ4v) is 3.10. The zero-order chi connectivity index (χ0) is 15.4. The average molecular weight is 293 g/mol. The van der Waals surface area contributed by atoms with Crippen molar-refractivity contribution in [3.63, 3.8) is 0 Å². The Morgan fingerprint density at radius 3 is 2.81 bits per heavy atom. The number of halogens is 1. The highest BCUT2D eigenvalue weighted by molar-refractivity contribution is 5.48. The molecule has 118 valence electrons. The first-order valence-corrected chi connectivity index (χ1v) is 7.93. The van der Waals surface area contributed by atoms with Gasteiger partial charge >= 0.3 is 0 Å². The molecular weight excluding hydrogens is 265 g/mol. The molecule has 0 saturated carbocycles. The molecule has 0 bridgehead atoms. The predicted octanol–water partition coefficient (Wildman–Crippen LogP) is 2.49. The average Bonchev–Trinajstić information content (AvgIpc) is 2.83. The molecule has 1 aromatic rings. The molecule has 0 aliphatic carbocycles. The molecule has 3 nitrogen and oxygen atoms in total. The summed E-state index contributed by atoms with van der Waals surface area (Å²) < 4.78 is 14.3. The molecule has 0 amide bonds. The van der Waals surface area contributed by atoms with Crippen LogP contribution in [0.2, 0.25) is 0 Å². The van der Waals surface area contributed by atoms with E-state index in [2.05, 4.69) is 18.9 Å². The van der Waals surface area contributed by atoms with Crippen LogP contribution in [-0.2, 0) is 6.42 Å². The van der Waals surface area contributed by atoms with Crippen LogP contribution in [0.1, 0.15) is 25.3 Å². The van der Waals surface area contributed by atoms with Crippen LogP contribution in [0.3, 0.4) is 0 Å². The van der Waals surface area contributed by atoms with Crippen molar-refractivity contribution in [3.05, 3.63) is 29.6 Å². The van der Waals surface area contributed by atoms with E-state index in [4.69, 9.17) is 5.73 Å². The summed E-state index contributed by atoms with van der Waals surface area (Å²) in [5.41, 5.74) is 7.62. The molecule has 1 heterocycles. The van der Waals surface area contributed by atoms with Gasteiger partial charge in [-0.1, -0.05) is 13.0 Å². The van der Waals surface area contributed by atoms with E-state index in [0.717, 1.165) is 38.0 Å². The zero-order valence-electron chi connectivity index (χ0n) is 13.5. The molecule has 4 heteroatoms. The molecule has 1 aromatic carbocycles. The second kappa shape index (κ2) is 7.23. The smallest absolute Gasteiger partial charge is 0.146 e. The number of nitrogens with two attached hydrogens (primary N) is 1. The molecule has 1 aliphatic rings. The number of nitrogens with zero attached hydrogens (tertiary/aromatic N) is 2. The first-order valence-electron chi connectivity index (χ1n) is 7.93. The third-order valence-electron chi connectivity index (χ3n) is 4.47. The van der Waals surface area contributed by atoms with Crippen molar-refractivity contribution in [2.24, 2.45) is 11.7 Å². The Bertz CT molecular complexity index is 463. The van der Waals surface area contributed by atoms with E-state index in [9.17, 15) is 4.39 Å². The minimum Gasteiger partial charge on any atom is -0.372 e. The van der Waals surface area contributed by atoms with Crippen LogP contribution in [-0.4, -0.2) is 44.7 Å². The van der Waals surface area contributed by atoms with E-state index in [1.807, 2.05) is 24.1 Å². The fraction of sp³-hybridized carbons (Fsp3) is 0.647. The molecule has 2 unspecified atom stereocenters. The van der Waals surface area contributed by atoms with Crippen LogP contribution in [0.15, 0.2) is 18.2 Å². The summed E-state index contributed by atoms with van der Waals surface area (Å²) in [6.45, 7) is 5.22. The van der Waals surface area contributed by atoms with Gasteiger partial charge in [-0.15, -0.1) is 0 Å². The number of anilines is 1. The first-order chi connectivity index (χ1) is 9.99. The van der Waals surface area contributed by atoms with Crippen molar-refractivity contribution in [3.8, 4) is 0 Å². The van der Waals surface area contributed by atoms with Crippen molar-refractivity contribution in [2.45, 2.75) is 32.2 Å². The van der Waals surface area contributed by atoms with Crippen LogP contribution in [0.5, 0.6) is 0 Å². The quantitative estimate of drug-likeness (QED) is 0.874. The number of benzene rings is 1. The highest BCUT2D eigenvalue weighted by atomic mass is 19.1. The molecule has 0 aromatic heterocycles. The van der Waals surface area contributed by atoms with E-state index < -0.39 is 0 Å². The van der Waals surface area contributed by atoms with Gasteiger partial charge in [0, 0.05) is 26.2 Å². The summed E-state index contributed by atoms with van der Waals surface area (Å²) in [5, 5.41) is 0. The Morgan fingerprint density at radius 1 is 1.48 bits per heavy atom. The fourth-order valence-electron chi connectivity index (χ4n) is 3.10. The summed E-state index contributed by atoms with van der Waals surface area (Å²) in [6, 6.07) is 5.65. The molecule has 1 aliphatic heterocycles. The maximum Gasteiger partial charge on any atom is 0.146 e. The summed E-state index contributed by atoms with van der Waals surface area (Å²) in [5.74, 6) is 0.497. The van der Waals surface area contributed by atoms with Gasteiger partial charge in [-0.3, -0.25) is 0 Å². The lowest BCUT2D eigenvalue weighted by Gasteiger charge is -2.24. The van der Waals surface area contributed by atoms with Crippen LogP contribution >= 0.6 is 0 Å². The standard InChI is InChI=1S/C17H28FN3/c1-4-15(19)9-13-5-6-17(16(18)10-13)21(3)12-14-7-8-20(2)11-14/h5-6,10,14-15H,4,7-9,11-12,19H2,1-3H3. The molecule has 2 atom stereocenters. The highest BCUT2D eigenvalue weighted by Crippen LogP contribution is 2.23. The van der Waals surface area contributed by atoms with Crippen LogP contribution < -0.4 is 10.6 Å². The third kappa shape index (κ3) is 4.42. The maximum absolute atomic E-state index is 14.3. The summed E-state index contributed by atoms with van der Waals surface area (Å²) >= 11 is 0. The molecule has 1 fully saturated rings. The van der Waals surface area contributed by atoms with E-state index >= 15 is 0 Å². The van der Waals surface area contributed by atoms with Crippen LogP contribution in [0, 0.1) is 11.7 Å². The highest BCUT2D eigenvalue weighted by Gasteiger charge is 2.21. The Hall–Kier alpha value is -1.13. The summed E-state index contributed by atoms with van der Waals surface area (Å²) in [7, 11) is 4.13. The lowest BCUT2D eigenvalue weighted by molar-refractivity contribution is 0.395. The predicted molar refractivity (Wildman–Crippen MR) is 87.2 cm³/mol. The molecule has 2 rings (SSSR count). The van der Waals surface area contributed by atoms with Gasteiger partial charge in [-0.05, 0) is 56.5 Å². The first kappa shape index (κ1) is 16.2. The minimum absolute atomic E-state index is 0.113. The van der Waals surface area contributed by atoms with Gasteiger partial charge in [-0.25, -0.2) is 4.39 Å². The Labute approximate surface area is 127 Å². The van der Waals surface area contributed by atoms with E-state index in [-0.39, 0.29) is 11.9 Å². The number of likely N-dealkylation sites (tertiary alicyclic amines) is 1. The monoisotopic (exact) mass is 293 g/mol. The number of hydrogen-bond donors (Lipinski definition) is 1. The number of rotatable bonds is 6. The minimum atomic E-state index is -0.135. The van der Waals surface area contributed by atoms with Crippen molar-refractivity contribution in [2.75, 3.05) is 38.6 Å². The van der Waals surface area contributed by atoms with Gasteiger partial charge in [0.1, 0.15) is 5.82 Å². The Kier molecular flexibility index (Phi) is 5.59. The van der Waals surface area contributed by atoms with Gasteiger partial charge in [0.2, 0.25) is 0 Å². The lowest BCUT2D eigenvalue weighted by Crippen LogP contribution is -2.28. The van der Waals surface area contributed by atoms with Gasteiger partial charge in [0.05, 0.1) is 5.69 Å². The SMILES string of the molecule is CCC(N)Cc1ccc(N(C)CC2CCN(C)C2)c(F)c1. The number of hydrogen-bond acceptors (Lipinski definition) is 3. The normalized spacial score (nSPS) is 20.7. The third-order valence-corrected chi connectivity index (χ3v) is 4.47. The molecule has 0 radical (unpaired) electrons. The molecule has 2 N–H and O–H groups in total. The second-order valence-electron chi connectivity index (χ2n) is 6.46. The van der Waals surface area contributed by atoms with Gasteiger partial charge in [0.15, 0.2) is 0 Å². The Morgan fingerprint density at radius 2 is 2.24 bits per heavy atom. The zero-order valence-corrected chi connectivity index (χ0v) is 13.5. The van der Waals surface area contributed by atoms with Crippen LogP contribution in [0.4, 0.5) is 10.1 Å². The van der Waals surface area contributed by atoms with Crippen molar-refractivity contribution < 1.29 is 4.39 Å². The second-order valence-corrected chi connectivity index (χ2v) is 6.46. The van der Waals surface area contributed by atoms with Crippen molar-refractivity contribution in [1.29, 1.82) is 0 Å². The molecular formula is C17H28FN3. The van der Waals surface area contributed by atoms with Crippen molar-refractivity contribution >= 4 is 5.69 Å². The lowest BCUT2D eigenvalue weighted by atomic mass is 10.0. The summed E-state index contributed by atoms with van der Waals surface area (Å²) in [4.78, 5) is 4.38. The van der Waals surface area contributed by atoms with Gasteiger partial charge in [0.25, 0.3) is 0 Å². The van der Waals surface area contributed by atoms with Gasteiger partial charge in [-0.2, -0.15) is 0 Å². The van der Waals surface area contributed by atoms with Crippen LogP contribution in [0.25, 0.3) is 0 Å². The molecule has 1 saturated heterocycles. The largest absolute Gasteiger partial charge is 0.372 e. The summed E-state index contributed by atoms with van der Waals surface area (Å²) in [6.07, 6.45) is 2.86. The van der Waals surface area contributed by atoms with E-state index in [0.29, 0.717) is 11.6 Å². The van der Waals surface area contributed by atoms with Gasteiger partial charge < -0.3 is 15.5 Å². The Balaban J connectivity index is 1.99. The molecule has 0 spiro atoms. The molecule has 21 heavy (non-hydrogen) atoms. The topological polar surface area (TPSA) is 32.5 Å².